The van der Waals surface area contributed by atoms with Gasteiger partial charge in [0, 0.05) is 55.6 Å². The summed E-state index contributed by atoms with van der Waals surface area (Å²) in [5.74, 6) is 3.66. The van der Waals surface area contributed by atoms with E-state index in [1.165, 1.54) is 37.7 Å². The Balaban J connectivity index is 1.07. The molecule has 6 aliphatic rings. The summed E-state index contributed by atoms with van der Waals surface area (Å²) >= 11 is 0. The lowest BCUT2D eigenvalue weighted by atomic mass is 9.55. The van der Waals surface area contributed by atoms with E-state index < -0.39 is 0 Å². The Hall–Kier alpha value is -3.52. The largest absolute Gasteiger partial charge is 0.375 e. The number of imidazole rings is 1. The van der Waals surface area contributed by atoms with E-state index in [1.54, 1.807) is 6.20 Å². The van der Waals surface area contributed by atoms with Crippen molar-refractivity contribution in [3.8, 4) is 11.5 Å². The smallest absolute Gasteiger partial charge is 0.259 e. The van der Waals surface area contributed by atoms with Gasteiger partial charge in [0.1, 0.15) is 11.2 Å². The molecule has 208 valence electrons. The zero-order chi connectivity index (χ0) is 26.9. The van der Waals surface area contributed by atoms with Crippen molar-refractivity contribution in [2.45, 2.75) is 76.1 Å². The number of aromatic nitrogens is 5. The van der Waals surface area contributed by atoms with Crippen LogP contribution in [0.1, 0.15) is 61.7 Å². The number of fused-ring (bicyclic) bond motifs is 2. The van der Waals surface area contributed by atoms with Crippen molar-refractivity contribution in [1.82, 2.24) is 29.0 Å². The molecule has 0 N–H and O–H groups in total. The summed E-state index contributed by atoms with van der Waals surface area (Å²) in [4.78, 5) is 30.6. The number of hydrogen-bond acceptors (Lipinski definition) is 5. The van der Waals surface area contributed by atoms with Crippen molar-refractivity contribution in [3.63, 3.8) is 0 Å². The maximum atomic E-state index is 13.7. The van der Waals surface area contributed by atoms with Gasteiger partial charge in [-0.3, -0.25) is 4.79 Å². The molecule has 0 aromatic carbocycles. The van der Waals surface area contributed by atoms with E-state index in [2.05, 4.69) is 27.5 Å². The molecule has 2 aliphatic heterocycles. The number of carbonyl (C=O) groups is 1. The first-order chi connectivity index (χ1) is 20.1. The van der Waals surface area contributed by atoms with Crippen LogP contribution in [0.25, 0.3) is 33.7 Å². The van der Waals surface area contributed by atoms with Crippen molar-refractivity contribution >= 4 is 28.1 Å². The molecule has 1 unspecified atom stereocenters. The molecule has 8 nitrogen and oxygen atoms in total. The van der Waals surface area contributed by atoms with Crippen LogP contribution in [0.15, 0.2) is 48.4 Å². The lowest BCUT2D eigenvalue weighted by molar-refractivity contribution is -0.0939. The summed E-state index contributed by atoms with van der Waals surface area (Å²) in [7, 11) is 0. The Morgan fingerprint density at radius 1 is 1.07 bits per heavy atom. The number of pyridine rings is 2. The van der Waals surface area contributed by atoms with Crippen molar-refractivity contribution in [1.29, 1.82) is 0 Å². The average Bonchev–Trinajstić information content (AvgIpc) is 3.32. The second kappa shape index (κ2) is 8.06. The minimum Gasteiger partial charge on any atom is -0.375 e. The Kier molecular flexibility index (Phi) is 4.54. The van der Waals surface area contributed by atoms with Crippen LogP contribution in [0.3, 0.4) is 0 Å². The fraction of sp³-hybridized carbons (Fsp3) is 0.515. The third-order valence-electron chi connectivity index (χ3n) is 11.1. The molecule has 4 aromatic rings. The molecule has 1 saturated heterocycles. The third-order valence-corrected chi connectivity index (χ3v) is 11.1. The van der Waals surface area contributed by atoms with E-state index >= 15 is 0 Å². The molecular weight excluding hydrogens is 512 g/mol. The number of ether oxygens (including phenoxy) is 1. The van der Waals surface area contributed by atoms with Gasteiger partial charge in [0.05, 0.1) is 16.9 Å². The molecule has 0 bridgehead atoms. The zero-order valence-corrected chi connectivity index (χ0v) is 23.2. The van der Waals surface area contributed by atoms with Crippen LogP contribution in [0.4, 0.5) is 0 Å². The summed E-state index contributed by atoms with van der Waals surface area (Å²) in [6.45, 7) is 2.72. The summed E-state index contributed by atoms with van der Waals surface area (Å²) in [6, 6.07) is 8.74. The summed E-state index contributed by atoms with van der Waals surface area (Å²) in [5.41, 5.74) is 5.99. The van der Waals surface area contributed by atoms with E-state index in [-0.39, 0.29) is 11.5 Å². The normalized spacial score (nSPS) is 31.3. The van der Waals surface area contributed by atoms with Gasteiger partial charge in [-0.2, -0.15) is 0 Å². The minimum absolute atomic E-state index is 0.0622. The monoisotopic (exact) mass is 546 g/mol. The molecule has 4 saturated carbocycles. The van der Waals surface area contributed by atoms with Gasteiger partial charge in [0.25, 0.3) is 5.91 Å². The van der Waals surface area contributed by atoms with E-state index in [9.17, 15) is 4.79 Å². The third kappa shape index (κ3) is 3.31. The van der Waals surface area contributed by atoms with E-state index in [1.807, 2.05) is 23.2 Å². The highest BCUT2D eigenvalue weighted by molar-refractivity contribution is 5.98. The topological polar surface area (TPSA) is 78.1 Å². The first-order valence-electron chi connectivity index (χ1n) is 15.6. The fourth-order valence-electron chi connectivity index (χ4n) is 8.79. The van der Waals surface area contributed by atoms with Crippen LogP contribution in [0, 0.1) is 23.7 Å². The van der Waals surface area contributed by atoms with Gasteiger partial charge in [-0.05, 0) is 99.0 Å². The lowest BCUT2D eigenvalue weighted by Gasteiger charge is -2.51. The van der Waals surface area contributed by atoms with Gasteiger partial charge in [0.15, 0.2) is 11.5 Å². The fourth-order valence-corrected chi connectivity index (χ4v) is 8.79. The molecule has 10 rings (SSSR count). The molecule has 4 aromatic heterocycles. The molecule has 6 heterocycles. The molecule has 1 amide bonds. The molecule has 1 spiro atoms. The highest BCUT2D eigenvalue weighted by Gasteiger charge is 2.57. The maximum Gasteiger partial charge on any atom is 0.259 e. The summed E-state index contributed by atoms with van der Waals surface area (Å²) in [5, 5.41) is 1.14. The standard InChI is InChI=1S/C33H34N6O2/c40-32(38-18-24-9-22-12-26(38)28(22)24)23-10-25-30(35-15-23)39(17-20-13-33(14-20)6-2-8-41-33)31(36-25)27-11-21-3-1-7-34-29(21)37(27)16-19-4-5-19/h1,3,7,10-11,15,18-20,22,26,28H,2,4-6,8-9,12-14,16-17H2/t20?,22?,26-,28-,33?/m1/s1. The van der Waals surface area contributed by atoms with E-state index in [4.69, 9.17) is 19.7 Å². The van der Waals surface area contributed by atoms with Crippen LogP contribution in [0.5, 0.6) is 0 Å². The zero-order valence-electron chi connectivity index (χ0n) is 23.2. The van der Waals surface area contributed by atoms with Crippen LogP contribution >= 0.6 is 0 Å². The highest BCUT2D eigenvalue weighted by atomic mass is 16.5. The number of hydrogen-bond donors (Lipinski definition) is 0. The first kappa shape index (κ1) is 23.1. The highest BCUT2D eigenvalue weighted by Crippen LogP contribution is 2.60. The van der Waals surface area contributed by atoms with Gasteiger partial charge < -0.3 is 18.8 Å². The Morgan fingerprint density at radius 3 is 2.78 bits per heavy atom. The molecule has 0 radical (unpaired) electrons. The molecule has 8 heteroatoms. The number of amides is 1. The van der Waals surface area contributed by atoms with E-state index in [0.29, 0.717) is 29.4 Å². The van der Waals surface area contributed by atoms with Crippen LogP contribution < -0.4 is 0 Å². The average molecular weight is 547 g/mol. The SMILES string of the molecule is O=C(c1cnc2c(c1)nc(-c1cc3cccnc3n1CC1CC1)n2CC1CC2(CCCO2)C1)N1C=C2CC3C[C@@H]1[C@@H]23. The Morgan fingerprint density at radius 2 is 1.98 bits per heavy atom. The quantitative estimate of drug-likeness (QED) is 0.316. The van der Waals surface area contributed by atoms with Crippen LogP contribution in [-0.4, -0.2) is 53.1 Å². The summed E-state index contributed by atoms with van der Waals surface area (Å²) < 4.78 is 10.9. The maximum absolute atomic E-state index is 13.7. The van der Waals surface area contributed by atoms with Crippen molar-refractivity contribution in [3.05, 3.63) is 54.0 Å². The van der Waals surface area contributed by atoms with Crippen LogP contribution in [0.2, 0.25) is 0 Å². The second-order valence-corrected chi connectivity index (χ2v) is 13.7. The second-order valence-electron chi connectivity index (χ2n) is 13.7. The van der Waals surface area contributed by atoms with Gasteiger partial charge in [-0.15, -0.1) is 0 Å². The van der Waals surface area contributed by atoms with E-state index in [0.717, 1.165) is 78.6 Å². The number of nitrogens with zero attached hydrogens (tertiary/aromatic N) is 6. The number of rotatable bonds is 6. The Bertz CT molecular complexity index is 1780. The van der Waals surface area contributed by atoms with Gasteiger partial charge >= 0.3 is 0 Å². The molecule has 5 fully saturated rings. The van der Waals surface area contributed by atoms with Gasteiger partial charge in [-0.1, -0.05) is 0 Å². The molecular formula is C33H34N6O2. The van der Waals surface area contributed by atoms with Gasteiger partial charge in [0.2, 0.25) is 0 Å². The Labute approximate surface area is 238 Å². The predicted octanol–water partition coefficient (Wildman–Crippen LogP) is 5.57. The van der Waals surface area contributed by atoms with Crippen molar-refractivity contribution < 1.29 is 9.53 Å². The van der Waals surface area contributed by atoms with Crippen molar-refractivity contribution in [2.75, 3.05) is 6.61 Å². The van der Waals surface area contributed by atoms with Crippen molar-refractivity contribution in [2.24, 2.45) is 23.7 Å². The first-order valence-corrected chi connectivity index (χ1v) is 15.6. The summed E-state index contributed by atoms with van der Waals surface area (Å²) in [6.07, 6.45) is 15.2. The molecule has 41 heavy (non-hydrogen) atoms. The number of carbonyl (C=O) groups excluding carboxylic acids is 1. The minimum atomic E-state index is 0.0622. The lowest BCUT2D eigenvalue weighted by Crippen LogP contribution is -2.53. The van der Waals surface area contributed by atoms with Gasteiger partial charge in [-0.25, -0.2) is 15.0 Å². The molecule has 3 atom stereocenters. The molecule has 4 aliphatic carbocycles. The predicted molar refractivity (Wildman–Crippen MR) is 154 cm³/mol. The van der Waals surface area contributed by atoms with Crippen LogP contribution in [-0.2, 0) is 17.8 Å².